The molecule has 0 aliphatic carbocycles. The predicted octanol–water partition coefficient (Wildman–Crippen LogP) is 3.64. The van der Waals surface area contributed by atoms with Crippen molar-refractivity contribution >= 4 is 49.4 Å². The molecule has 0 bridgehead atoms. The third kappa shape index (κ3) is 4.35. The van der Waals surface area contributed by atoms with Crippen LogP contribution < -0.4 is 4.80 Å². The Morgan fingerprint density at radius 2 is 1.96 bits per heavy atom. The molecule has 140 valence electrons. The van der Waals surface area contributed by atoms with Gasteiger partial charge in [-0.05, 0) is 36.4 Å². The number of hydrogen-bond acceptors (Lipinski definition) is 5. The molecule has 0 aliphatic rings. The van der Waals surface area contributed by atoms with Crippen LogP contribution in [0.1, 0.15) is 20.7 Å². The van der Waals surface area contributed by atoms with Gasteiger partial charge in [-0.1, -0.05) is 33.3 Å². The summed E-state index contributed by atoms with van der Waals surface area (Å²) >= 11 is 4.71. The molecule has 0 aliphatic heterocycles. The fraction of sp³-hybridized carbons (Fsp3) is 0.211. The van der Waals surface area contributed by atoms with Crippen LogP contribution in [0, 0.1) is 0 Å². The van der Waals surface area contributed by atoms with Gasteiger partial charge in [-0.3, -0.25) is 4.79 Å². The molecular weight excluding hydrogens is 432 g/mol. The average molecular weight is 449 g/mol. The SMILES string of the molecule is COCCn1c(=NC(=O)c2cccc(Br)c2)sc2cc(C(=O)OC)ccc21. The topological polar surface area (TPSA) is 69.9 Å². The summed E-state index contributed by atoms with van der Waals surface area (Å²) in [5.74, 6) is -0.736. The maximum Gasteiger partial charge on any atom is 0.337 e. The molecule has 3 aromatic rings. The highest BCUT2D eigenvalue weighted by Crippen LogP contribution is 2.20. The Morgan fingerprint density at radius 3 is 2.67 bits per heavy atom. The molecule has 0 spiro atoms. The highest BCUT2D eigenvalue weighted by molar-refractivity contribution is 9.10. The first-order valence-corrected chi connectivity index (χ1v) is 9.69. The molecule has 0 atom stereocenters. The smallest absolute Gasteiger partial charge is 0.337 e. The van der Waals surface area contributed by atoms with E-state index in [9.17, 15) is 9.59 Å². The molecule has 2 aromatic carbocycles. The van der Waals surface area contributed by atoms with E-state index < -0.39 is 5.97 Å². The van der Waals surface area contributed by atoms with Crippen LogP contribution in [-0.4, -0.2) is 37.3 Å². The number of esters is 1. The van der Waals surface area contributed by atoms with Crippen LogP contribution in [-0.2, 0) is 16.0 Å². The summed E-state index contributed by atoms with van der Waals surface area (Å²) in [6, 6.07) is 12.4. The lowest BCUT2D eigenvalue weighted by Gasteiger charge is -2.05. The van der Waals surface area contributed by atoms with Gasteiger partial charge in [-0.15, -0.1) is 0 Å². The largest absolute Gasteiger partial charge is 0.465 e. The highest BCUT2D eigenvalue weighted by Gasteiger charge is 2.12. The first-order valence-electron chi connectivity index (χ1n) is 8.08. The molecular formula is C19H17BrN2O4S. The van der Waals surface area contributed by atoms with Crippen molar-refractivity contribution in [1.82, 2.24) is 4.57 Å². The van der Waals surface area contributed by atoms with Crippen LogP contribution in [0.5, 0.6) is 0 Å². The maximum absolute atomic E-state index is 12.6. The number of ether oxygens (including phenoxy) is 2. The van der Waals surface area contributed by atoms with E-state index in [0.717, 1.165) is 14.7 Å². The Labute approximate surface area is 168 Å². The van der Waals surface area contributed by atoms with Crippen molar-refractivity contribution in [2.24, 2.45) is 4.99 Å². The van der Waals surface area contributed by atoms with E-state index >= 15 is 0 Å². The lowest BCUT2D eigenvalue weighted by Crippen LogP contribution is -2.19. The number of nitrogens with zero attached hydrogens (tertiary/aromatic N) is 2. The van der Waals surface area contributed by atoms with Gasteiger partial charge >= 0.3 is 5.97 Å². The summed E-state index contributed by atoms with van der Waals surface area (Å²) in [7, 11) is 2.96. The molecule has 3 rings (SSSR count). The molecule has 0 radical (unpaired) electrons. The van der Waals surface area contributed by atoms with Crippen molar-refractivity contribution in [2.45, 2.75) is 6.54 Å². The fourth-order valence-electron chi connectivity index (χ4n) is 2.57. The Morgan fingerprint density at radius 1 is 1.15 bits per heavy atom. The van der Waals surface area contributed by atoms with Gasteiger partial charge in [0, 0.05) is 23.7 Å². The second-order valence-electron chi connectivity index (χ2n) is 5.63. The standard InChI is InChI=1S/C19H17BrN2O4S/c1-25-9-8-22-15-7-6-13(18(24)26-2)11-16(15)27-19(22)21-17(23)12-4-3-5-14(20)10-12/h3-7,10-11H,8-9H2,1-2H3. The third-order valence-electron chi connectivity index (χ3n) is 3.89. The summed E-state index contributed by atoms with van der Waals surface area (Å²) in [6.45, 7) is 1.02. The number of benzene rings is 2. The Balaban J connectivity index is 2.11. The third-order valence-corrected chi connectivity index (χ3v) is 5.43. The van der Waals surface area contributed by atoms with E-state index in [1.807, 2.05) is 16.7 Å². The normalized spacial score (nSPS) is 11.7. The summed E-state index contributed by atoms with van der Waals surface area (Å²) in [5.41, 5.74) is 1.83. The first kappa shape index (κ1) is 19.5. The zero-order valence-electron chi connectivity index (χ0n) is 14.8. The minimum Gasteiger partial charge on any atom is -0.465 e. The molecule has 0 saturated carbocycles. The summed E-state index contributed by atoms with van der Waals surface area (Å²) in [4.78, 5) is 29.2. The second kappa shape index (κ2) is 8.60. The fourth-order valence-corrected chi connectivity index (χ4v) is 4.07. The van der Waals surface area contributed by atoms with Crippen LogP contribution in [0.25, 0.3) is 10.2 Å². The number of carbonyl (C=O) groups excluding carboxylic acids is 2. The summed E-state index contributed by atoms with van der Waals surface area (Å²) < 4.78 is 13.5. The van der Waals surface area contributed by atoms with Crippen molar-refractivity contribution in [1.29, 1.82) is 0 Å². The molecule has 0 fully saturated rings. The van der Waals surface area contributed by atoms with Crippen molar-refractivity contribution in [3.63, 3.8) is 0 Å². The number of halogens is 1. The monoisotopic (exact) mass is 448 g/mol. The second-order valence-corrected chi connectivity index (χ2v) is 7.56. The molecule has 1 amide bonds. The van der Waals surface area contributed by atoms with Crippen LogP contribution in [0.3, 0.4) is 0 Å². The molecule has 6 nitrogen and oxygen atoms in total. The minimum atomic E-state index is -0.405. The molecule has 0 N–H and O–H groups in total. The van der Waals surface area contributed by atoms with Crippen LogP contribution in [0.4, 0.5) is 0 Å². The van der Waals surface area contributed by atoms with E-state index in [-0.39, 0.29) is 5.91 Å². The summed E-state index contributed by atoms with van der Waals surface area (Å²) in [5, 5.41) is 0. The lowest BCUT2D eigenvalue weighted by molar-refractivity contribution is 0.0601. The molecule has 8 heteroatoms. The van der Waals surface area contributed by atoms with Gasteiger partial charge in [-0.25, -0.2) is 4.79 Å². The number of carbonyl (C=O) groups is 2. The van der Waals surface area contributed by atoms with Crippen molar-refractivity contribution < 1.29 is 19.1 Å². The van der Waals surface area contributed by atoms with E-state index in [1.165, 1.54) is 18.4 Å². The van der Waals surface area contributed by atoms with Gasteiger partial charge in [0.05, 0.1) is 29.5 Å². The van der Waals surface area contributed by atoms with Crippen LogP contribution in [0.2, 0.25) is 0 Å². The predicted molar refractivity (Wildman–Crippen MR) is 107 cm³/mol. The number of fused-ring (bicyclic) bond motifs is 1. The van der Waals surface area contributed by atoms with Crippen LogP contribution >= 0.6 is 27.3 Å². The average Bonchev–Trinajstić information content (AvgIpc) is 3.01. The van der Waals surface area contributed by atoms with Crippen molar-refractivity contribution in [2.75, 3.05) is 20.8 Å². The van der Waals surface area contributed by atoms with Gasteiger partial charge in [0.25, 0.3) is 5.91 Å². The van der Waals surface area contributed by atoms with Crippen molar-refractivity contribution in [3.05, 3.63) is 62.9 Å². The van der Waals surface area contributed by atoms with E-state index in [2.05, 4.69) is 20.9 Å². The lowest BCUT2D eigenvalue weighted by atomic mass is 10.2. The maximum atomic E-state index is 12.6. The van der Waals surface area contributed by atoms with E-state index in [1.54, 1.807) is 37.4 Å². The molecule has 1 heterocycles. The number of methoxy groups -OCH3 is 2. The molecule has 1 aromatic heterocycles. The molecule has 0 unspecified atom stereocenters. The van der Waals surface area contributed by atoms with E-state index in [4.69, 9.17) is 9.47 Å². The van der Waals surface area contributed by atoms with Crippen LogP contribution in [0.15, 0.2) is 51.9 Å². The van der Waals surface area contributed by atoms with Gasteiger partial charge < -0.3 is 14.0 Å². The van der Waals surface area contributed by atoms with Gasteiger partial charge in [0.15, 0.2) is 4.80 Å². The van der Waals surface area contributed by atoms with Gasteiger partial charge in [0.2, 0.25) is 0 Å². The number of amides is 1. The zero-order chi connectivity index (χ0) is 19.4. The molecule has 27 heavy (non-hydrogen) atoms. The Bertz CT molecular complexity index is 1070. The minimum absolute atomic E-state index is 0.331. The zero-order valence-corrected chi connectivity index (χ0v) is 17.2. The number of aromatic nitrogens is 1. The Kier molecular flexibility index (Phi) is 6.20. The van der Waals surface area contributed by atoms with Gasteiger partial charge in [0.1, 0.15) is 0 Å². The number of rotatable bonds is 5. The van der Waals surface area contributed by atoms with Gasteiger partial charge in [-0.2, -0.15) is 4.99 Å². The van der Waals surface area contributed by atoms with Crippen molar-refractivity contribution in [3.8, 4) is 0 Å². The first-order chi connectivity index (χ1) is 13.0. The summed E-state index contributed by atoms with van der Waals surface area (Å²) in [6.07, 6.45) is 0. The number of hydrogen-bond donors (Lipinski definition) is 0. The Hall–Kier alpha value is -2.29. The quantitative estimate of drug-likeness (QED) is 0.558. The van der Waals surface area contributed by atoms with E-state index in [0.29, 0.717) is 29.1 Å². The number of thiazole rings is 1. The molecule has 0 saturated heterocycles. The highest BCUT2D eigenvalue weighted by atomic mass is 79.9.